The summed E-state index contributed by atoms with van der Waals surface area (Å²) in [5.74, 6) is 0.896. The van der Waals surface area contributed by atoms with Gasteiger partial charge < -0.3 is 5.32 Å². The summed E-state index contributed by atoms with van der Waals surface area (Å²) in [6.07, 6.45) is 4.10. The van der Waals surface area contributed by atoms with Crippen LogP contribution in [0.1, 0.15) is 40.4 Å². The Hall–Kier alpha value is -2.21. The van der Waals surface area contributed by atoms with E-state index in [0.717, 1.165) is 39.5 Å². The zero-order chi connectivity index (χ0) is 16.8. The van der Waals surface area contributed by atoms with Crippen LogP contribution >= 0.6 is 15.9 Å². The Bertz CT molecular complexity index is 959. The van der Waals surface area contributed by atoms with Gasteiger partial charge in [0.2, 0.25) is 0 Å². The maximum absolute atomic E-state index is 13.0. The van der Waals surface area contributed by atoms with Gasteiger partial charge in [0.1, 0.15) is 0 Å². The number of aromatic nitrogens is 3. The summed E-state index contributed by atoms with van der Waals surface area (Å²) in [5, 5.41) is 8.00. The average Bonchev–Trinajstić information content (AvgIpc) is 3.29. The standard InChI is InChI=1S/C18H17BrN4O/c1-10-16(18(24)21-15-7-8-23(2)22-15)13-9-12(19)5-6-14(13)20-17(10)11-3-4-11/h5-9,11H,3-4H2,1-2H3,(H,21,22,24). The van der Waals surface area contributed by atoms with Crippen LogP contribution in [0.2, 0.25) is 0 Å². The number of anilines is 1. The highest BCUT2D eigenvalue weighted by atomic mass is 79.9. The maximum atomic E-state index is 13.0. The van der Waals surface area contributed by atoms with Crippen LogP contribution in [-0.2, 0) is 7.05 Å². The van der Waals surface area contributed by atoms with Crippen LogP contribution < -0.4 is 5.32 Å². The highest BCUT2D eigenvalue weighted by Gasteiger charge is 2.30. The third-order valence-electron chi connectivity index (χ3n) is 4.37. The van der Waals surface area contributed by atoms with Gasteiger partial charge in [0, 0.05) is 40.8 Å². The molecule has 0 saturated heterocycles. The number of rotatable bonds is 3. The highest BCUT2D eigenvalue weighted by Crippen LogP contribution is 2.42. The number of benzene rings is 1. The van der Waals surface area contributed by atoms with E-state index < -0.39 is 0 Å². The molecule has 6 heteroatoms. The largest absolute Gasteiger partial charge is 0.305 e. The summed E-state index contributed by atoms with van der Waals surface area (Å²) >= 11 is 3.50. The number of halogens is 1. The number of carbonyl (C=O) groups is 1. The smallest absolute Gasteiger partial charge is 0.257 e. The molecule has 1 aliphatic carbocycles. The topological polar surface area (TPSA) is 59.8 Å². The summed E-state index contributed by atoms with van der Waals surface area (Å²) in [5.41, 5.74) is 3.57. The molecule has 0 radical (unpaired) electrons. The van der Waals surface area contributed by atoms with E-state index >= 15 is 0 Å². The molecule has 2 aromatic heterocycles. The molecule has 1 aliphatic rings. The number of nitrogens with one attached hydrogen (secondary N) is 1. The van der Waals surface area contributed by atoms with Crippen molar-refractivity contribution in [3.05, 3.63) is 51.8 Å². The van der Waals surface area contributed by atoms with E-state index in [-0.39, 0.29) is 5.91 Å². The van der Waals surface area contributed by atoms with Crippen LogP contribution in [0.3, 0.4) is 0 Å². The fraction of sp³-hybridized carbons (Fsp3) is 0.278. The molecule has 0 atom stereocenters. The Morgan fingerprint density at radius 3 is 2.79 bits per heavy atom. The van der Waals surface area contributed by atoms with Gasteiger partial charge in [-0.2, -0.15) is 5.10 Å². The average molecular weight is 385 g/mol. The Balaban J connectivity index is 1.86. The molecule has 0 unspecified atom stereocenters. The van der Waals surface area contributed by atoms with E-state index in [1.807, 2.05) is 32.2 Å². The van der Waals surface area contributed by atoms with Crippen molar-refractivity contribution in [2.24, 2.45) is 7.05 Å². The second kappa shape index (κ2) is 5.70. The number of fused-ring (bicyclic) bond motifs is 1. The fourth-order valence-corrected chi connectivity index (χ4v) is 3.42. The number of nitrogens with zero attached hydrogens (tertiary/aromatic N) is 3. The zero-order valence-electron chi connectivity index (χ0n) is 13.5. The van der Waals surface area contributed by atoms with E-state index in [1.165, 1.54) is 0 Å². The summed E-state index contributed by atoms with van der Waals surface area (Å²) < 4.78 is 2.60. The summed E-state index contributed by atoms with van der Waals surface area (Å²) in [4.78, 5) is 17.8. The number of amides is 1. The highest BCUT2D eigenvalue weighted by molar-refractivity contribution is 9.10. The molecule has 24 heavy (non-hydrogen) atoms. The van der Waals surface area contributed by atoms with E-state index in [1.54, 1.807) is 16.9 Å². The molecule has 1 amide bonds. The number of aryl methyl sites for hydroxylation is 1. The first-order chi connectivity index (χ1) is 11.5. The van der Waals surface area contributed by atoms with Crippen molar-refractivity contribution in [3.8, 4) is 0 Å². The van der Waals surface area contributed by atoms with Gasteiger partial charge in [0.15, 0.2) is 5.82 Å². The monoisotopic (exact) mass is 384 g/mol. The van der Waals surface area contributed by atoms with Crippen molar-refractivity contribution in [2.75, 3.05) is 5.32 Å². The van der Waals surface area contributed by atoms with Crippen LogP contribution in [0.25, 0.3) is 10.9 Å². The molecule has 0 spiro atoms. The molecule has 1 aromatic carbocycles. The molecule has 1 fully saturated rings. The van der Waals surface area contributed by atoms with Crippen LogP contribution in [0.5, 0.6) is 0 Å². The number of carbonyl (C=O) groups excluding carboxylic acids is 1. The third-order valence-corrected chi connectivity index (χ3v) is 4.87. The van der Waals surface area contributed by atoms with Gasteiger partial charge in [-0.05, 0) is 43.5 Å². The molecule has 1 N–H and O–H groups in total. The summed E-state index contributed by atoms with van der Waals surface area (Å²) in [7, 11) is 1.82. The molecular formula is C18H17BrN4O. The van der Waals surface area contributed by atoms with Crippen LogP contribution in [0.4, 0.5) is 5.82 Å². The van der Waals surface area contributed by atoms with E-state index in [4.69, 9.17) is 4.98 Å². The molecule has 1 saturated carbocycles. The van der Waals surface area contributed by atoms with Crippen molar-refractivity contribution in [1.29, 1.82) is 0 Å². The predicted octanol–water partition coefficient (Wildman–Crippen LogP) is 4.17. The Morgan fingerprint density at radius 1 is 1.33 bits per heavy atom. The SMILES string of the molecule is Cc1c(C2CC2)nc2ccc(Br)cc2c1C(=O)Nc1ccn(C)n1. The van der Waals surface area contributed by atoms with Crippen molar-refractivity contribution < 1.29 is 4.79 Å². The molecule has 0 aliphatic heterocycles. The quantitative estimate of drug-likeness (QED) is 0.736. The second-order valence-electron chi connectivity index (χ2n) is 6.26. The van der Waals surface area contributed by atoms with Crippen LogP contribution in [0, 0.1) is 6.92 Å². The van der Waals surface area contributed by atoms with Crippen LogP contribution in [-0.4, -0.2) is 20.7 Å². The first-order valence-corrected chi connectivity index (χ1v) is 8.73. The Kier molecular flexibility index (Phi) is 3.64. The third kappa shape index (κ3) is 2.71. The summed E-state index contributed by atoms with van der Waals surface area (Å²) in [6.45, 7) is 1.99. The van der Waals surface area contributed by atoms with Gasteiger partial charge in [-0.15, -0.1) is 0 Å². The van der Waals surface area contributed by atoms with Crippen LogP contribution in [0.15, 0.2) is 34.9 Å². The fourth-order valence-electron chi connectivity index (χ4n) is 3.06. The number of hydrogen-bond donors (Lipinski definition) is 1. The normalized spacial score (nSPS) is 14.1. The molecule has 122 valence electrons. The Labute approximate surface area is 148 Å². The van der Waals surface area contributed by atoms with Gasteiger partial charge >= 0.3 is 0 Å². The number of hydrogen-bond acceptors (Lipinski definition) is 3. The number of pyridine rings is 1. The lowest BCUT2D eigenvalue weighted by molar-refractivity contribution is 0.102. The molecule has 2 heterocycles. The summed E-state index contributed by atoms with van der Waals surface area (Å²) in [6, 6.07) is 7.66. The van der Waals surface area contributed by atoms with Gasteiger partial charge in [0.05, 0.1) is 11.1 Å². The van der Waals surface area contributed by atoms with Crippen molar-refractivity contribution >= 4 is 38.6 Å². The molecule has 3 aromatic rings. The van der Waals surface area contributed by atoms with E-state index in [9.17, 15) is 4.79 Å². The zero-order valence-corrected chi connectivity index (χ0v) is 15.1. The van der Waals surface area contributed by atoms with Crippen molar-refractivity contribution in [3.63, 3.8) is 0 Å². The second-order valence-corrected chi connectivity index (χ2v) is 7.18. The molecule has 5 nitrogen and oxygen atoms in total. The first-order valence-electron chi connectivity index (χ1n) is 7.93. The molecular weight excluding hydrogens is 368 g/mol. The van der Waals surface area contributed by atoms with E-state index in [2.05, 4.69) is 26.3 Å². The minimum atomic E-state index is -0.140. The van der Waals surface area contributed by atoms with E-state index in [0.29, 0.717) is 17.3 Å². The minimum absolute atomic E-state index is 0.140. The maximum Gasteiger partial charge on any atom is 0.257 e. The van der Waals surface area contributed by atoms with Crippen molar-refractivity contribution in [2.45, 2.75) is 25.7 Å². The lowest BCUT2D eigenvalue weighted by Crippen LogP contribution is -2.16. The van der Waals surface area contributed by atoms with Gasteiger partial charge in [-0.1, -0.05) is 15.9 Å². The lowest BCUT2D eigenvalue weighted by atomic mass is 9.98. The Morgan fingerprint density at radius 2 is 2.12 bits per heavy atom. The van der Waals surface area contributed by atoms with Gasteiger partial charge in [-0.25, -0.2) is 0 Å². The molecule has 4 rings (SSSR count). The first kappa shape index (κ1) is 15.3. The van der Waals surface area contributed by atoms with Gasteiger partial charge in [-0.3, -0.25) is 14.5 Å². The van der Waals surface area contributed by atoms with Crippen molar-refractivity contribution in [1.82, 2.24) is 14.8 Å². The predicted molar refractivity (Wildman–Crippen MR) is 97.3 cm³/mol. The minimum Gasteiger partial charge on any atom is -0.305 e. The lowest BCUT2D eigenvalue weighted by Gasteiger charge is -2.14. The molecule has 0 bridgehead atoms. The van der Waals surface area contributed by atoms with Gasteiger partial charge in [0.25, 0.3) is 5.91 Å².